The molecule has 7 heteroatoms. The van der Waals surface area contributed by atoms with E-state index in [0.29, 0.717) is 18.1 Å². The fourth-order valence-electron chi connectivity index (χ4n) is 2.06. The second-order valence-corrected chi connectivity index (χ2v) is 4.73. The van der Waals surface area contributed by atoms with Crippen molar-refractivity contribution in [2.75, 3.05) is 11.1 Å². The number of nitrogens with zero attached hydrogens (tertiary/aromatic N) is 2. The first-order valence-corrected chi connectivity index (χ1v) is 6.54. The van der Waals surface area contributed by atoms with Gasteiger partial charge >= 0.3 is 6.18 Å². The Balaban J connectivity index is 2.08. The Kier molecular flexibility index (Phi) is 4.11. The Bertz CT molecular complexity index is 614. The summed E-state index contributed by atoms with van der Waals surface area (Å²) in [5.41, 5.74) is 7.42. The molecule has 21 heavy (non-hydrogen) atoms. The van der Waals surface area contributed by atoms with E-state index in [1.807, 2.05) is 6.92 Å². The molecular weight excluding hydrogens is 281 g/mol. The van der Waals surface area contributed by atoms with Crippen LogP contribution >= 0.6 is 0 Å². The summed E-state index contributed by atoms with van der Waals surface area (Å²) in [6, 6.07) is 5.04. The Morgan fingerprint density at radius 2 is 1.86 bits per heavy atom. The highest BCUT2D eigenvalue weighted by atomic mass is 19.4. The van der Waals surface area contributed by atoms with Gasteiger partial charge in [-0.1, -0.05) is 19.1 Å². The van der Waals surface area contributed by atoms with Gasteiger partial charge in [-0.25, -0.2) is 0 Å². The number of hydrogen-bond donors (Lipinski definition) is 2. The Morgan fingerprint density at radius 1 is 1.24 bits per heavy atom. The molecule has 1 aromatic heterocycles. The molecule has 1 aromatic carbocycles. The molecule has 0 aliphatic rings. The topological polar surface area (TPSA) is 55.9 Å². The number of nitrogen functional groups attached to an aromatic ring is 1. The zero-order chi connectivity index (χ0) is 15.6. The van der Waals surface area contributed by atoms with Crippen LogP contribution in [0.15, 0.2) is 24.3 Å². The summed E-state index contributed by atoms with van der Waals surface area (Å²) in [5, 5.41) is 7.37. The summed E-state index contributed by atoms with van der Waals surface area (Å²) in [4.78, 5) is 0. The Morgan fingerprint density at radius 3 is 2.33 bits per heavy atom. The number of hydrogen-bond acceptors (Lipinski definition) is 3. The van der Waals surface area contributed by atoms with Gasteiger partial charge in [0.2, 0.25) is 0 Å². The van der Waals surface area contributed by atoms with E-state index in [2.05, 4.69) is 10.4 Å². The molecule has 0 fully saturated rings. The minimum Gasteiger partial charge on any atom is -0.394 e. The standard InChI is InChI=1S/C14H17F3N4/c1-3-11-12(18)13(21(2)20-11)19-8-9-4-6-10(7-5-9)14(15,16)17/h4-7,19H,3,8,18H2,1-2H3. The van der Waals surface area contributed by atoms with E-state index in [-0.39, 0.29) is 0 Å². The number of anilines is 2. The smallest absolute Gasteiger partial charge is 0.394 e. The van der Waals surface area contributed by atoms with E-state index < -0.39 is 11.7 Å². The van der Waals surface area contributed by atoms with E-state index >= 15 is 0 Å². The van der Waals surface area contributed by atoms with Crippen molar-refractivity contribution in [2.45, 2.75) is 26.1 Å². The van der Waals surface area contributed by atoms with Crippen LogP contribution < -0.4 is 11.1 Å². The highest BCUT2D eigenvalue weighted by Gasteiger charge is 2.29. The number of alkyl halides is 3. The molecule has 4 nitrogen and oxygen atoms in total. The van der Waals surface area contributed by atoms with Gasteiger partial charge in [0.1, 0.15) is 5.82 Å². The summed E-state index contributed by atoms with van der Waals surface area (Å²) in [5.74, 6) is 0.673. The van der Waals surface area contributed by atoms with E-state index in [1.165, 1.54) is 12.1 Å². The maximum atomic E-state index is 12.5. The molecule has 0 aliphatic carbocycles. The van der Waals surface area contributed by atoms with E-state index in [9.17, 15) is 13.2 Å². The third kappa shape index (κ3) is 3.29. The number of aryl methyl sites for hydroxylation is 2. The van der Waals surface area contributed by atoms with Gasteiger partial charge in [0, 0.05) is 13.6 Å². The van der Waals surface area contributed by atoms with Crippen LogP contribution in [-0.4, -0.2) is 9.78 Å². The molecule has 0 amide bonds. The van der Waals surface area contributed by atoms with Gasteiger partial charge < -0.3 is 11.1 Å². The first-order chi connectivity index (χ1) is 9.82. The maximum Gasteiger partial charge on any atom is 0.416 e. The quantitative estimate of drug-likeness (QED) is 0.911. The molecule has 0 atom stereocenters. The summed E-state index contributed by atoms with van der Waals surface area (Å²) in [6.45, 7) is 2.34. The number of benzene rings is 1. The summed E-state index contributed by atoms with van der Waals surface area (Å²) in [7, 11) is 1.77. The third-order valence-electron chi connectivity index (χ3n) is 3.24. The summed E-state index contributed by atoms with van der Waals surface area (Å²) < 4.78 is 39.1. The fourth-order valence-corrected chi connectivity index (χ4v) is 2.06. The van der Waals surface area contributed by atoms with Crippen molar-refractivity contribution >= 4 is 11.5 Å². The van der Waals surface area contributed by atoms with Gasteiger partial charge in [0.25, 0.3) is 0 Å². The number of nitrogens with two attached hydrogens (primary N) is 1. The highest BCUT2D eigenvalue weighted by Crippen LogP contribution is 2.29. The molecular formula is C14H17F3N4. The monoisotopic (exact) mass is 298 g/mol. The van der Waals surface area contributed by atoms with E-state index in [0.717, 1.165) is 29.8 Å². The summed E-state index contributed by atoms with van der Waals surface area (Å²) in [6.07, 6.45) is -3.59. The normalized spacial score (nSPS) is 11.7. The number of rotatable bonds is 4. The van der Waals surface area contributed by atoms with Crippen LogP contribution in [0.5, 0.6) is 0 Å². The van der Waals surface area contributed by atoms with Crippen molar-refractivity contribution in [2.24, 2.45) is 7.05 Å². The van der Waals surface area contributed by atoms with Gasteiger partial charge in [-0.3, -0.25) is 4.68 Å². The van der Waals surface area contributed by atoms with Crippen molar-refractivity contribution in [3.8, 4) is 0 Å². The predicted octanol–water partition coefficient (Wildman–Crippen LogP) is 3.20. The van der Waals surface area contributed by atoms with Crippen molar-refractivity contribution < 1.29 is 13.2 Å². The zero-order valence-corrected chi connectivity index (χ0v) is 11.8. The number of nitrogens with one attached hydrogen (secondary N) is 1. The van der Waals surface area contributed by atoms with Gasteiger partial charge in [0.15, 0.2) is 0 Å². The third-order valence-corrected chi connectivity index (χ3v) is 3.24. The van der Waals surface area contributed by atoms with Crippen LogP contribution in [0, 0.1) is 0 Å². The molecule has 0 spiro atoms. The van der Waals surface area contributed by atoms with Crippen LogP contribution in [0.2, 0.25) is 0 Å². The van der Waals surface area contributed by atoms with Crippen molar-refractivity contribution in [1.29, 1.82) is 0 Å². The molecule has 0 saturated carbocycles. The lowest BCUT2D eigenvalue weighted by Gasteiger charge is -2.10. The first kappa shape index (κ1) is 15.2. The molecule has 2 rings (SSSR count). The minimum absolute atomic E-state index is 0.380. The van der Waals surface area contributed by atoms with E-state index in [1.54, 1.807) is 11.7 Å². The van der Waals surface area contributed by atoms with Crippen LogP contribution in [0.25, 0.3) is 0 Å². The lowest BCUT2D eigenvalue weighted by Crippen LogP contribution is -2.08. The molecule has 3 N–H and O–H groups in total. The van der Waals surface area contributed by atoms with Gasteiger partial charge in [-0.15, -0.1) is 0 Å². The zero-order valence-electron chi connectivity index (χ0n) is 11.8. The fraction of sp³-hybridized carbons (Fsp3) is 0.357. The minimum atomic E-state index is -4.31. The van der Waals surface area contributed by atoms with Crippen LogP contribution in [0.4, 0.5) is 24.7 Å². The molecule has 1 heterocycles. The van der Waals surface area contributed by atoms with E-state index in [4.69, 9.17) is 5.73 Å². The highest BCUT2D eigenvalue weighted by molar-refractivity contribution is 5.65. The molecule has 114 valence electrons. The van der Waals surface area contributed by atoms with Gasteiger partial charge in [-0.2, -0.15) is 18.3 Å². The molecule has 0 radical (unpaired) electrons. The Labute approximate surface area is 120 Å². The lowest BCUT2D eigenvalue weighted by molar-refractivity contribution is -0.137. The second-order valence-electron chi connectivity index (χ2n) is 4.73. The predicted molar refractivity (Wildman–Crippen MR) is 75.8 cm³/mol. The molecule has 2 aromatic rings. The maximum absolute atomic E-state index is 12.5. The van der Waals surface area contributed by atoms with Crippen molar-refractivity contribution in [3.05, 3.63) is 41.1 Å². The van der Waals surface area contributed by atoms with Gasteiger partial charge in [0.05, 0.1) is 16.9 Å². The molecule has 0 saturated heterocycles. The number of aromatic nitrogens is 2. The Hall–Kier alpha value is -2.18. The van der Waals surface area contributed by atoms with Crippen molar-refractivity contribution in [1.82, 2.24) is 9.78 Å². The average Bonchev–Trinajstić information content (AvgIpc) is 2.70. The van der Waals surface area contributed by atoms with Crippen LogP contribution in [0.3, 0.4) is 0 Å². The summed E-state index contributed by atoms with van der Waals surface area (Å²) >= 11 is 0. The first-order valence-electron chi connectivity index (χ1n) is 6.54. The SMILES string of the molecule is CCc1nn(C)c(NCc2ccc(C(F)(F)F)cc2)c1N. The largest absolute Gasteiger partial charge is 0.416 e. The van der Waals surface area contributed by atoms with Crippen LogP contribution in [0.1, 0.15) is 23.7 Å². The molecule has 0 unspecified atom stereocenters. The number of halogens is 3. The van der Waals surface area contributed by atoms with Gasteiger partial charge in [-0.05, 0) is 24.1 Å². The van der Waals surface area contributed by atoms with Crippen molar-refractivity contribution in [3.63, 3.8) is 0 Å². The second kappa shape index (κ2) is 5.67. The molecule has 0 bridgehead atoms. The lowest BCUT2D eigenvalue weighted by atomic mass is 10.1. The molecule has 0 aliphatic heterocycles. The van der Waals surface area contributed by atoms with Crippen LogP contribution in [-0.2, 0) is 26.2 Å². The average molecular weight is 298 g/mol.